The highest BCUT2D eigenvalue weighted by molar-refractivity contribution is 5.91. The number of esters is 2. The number of ether oxygens (including phenoxy) is 1. The summed E-state index contributed by atoms with van der Waals surface area (Å²) in [6, 6.07) is -1.01. The summed E-state index contributed by atoms with van der Waals surface area (Å²) in [5, 5.41) is 2.65. The second kappa shape index (κ2) is 4.41. The van der Waals surface area contributed by atoms with Gasteiger partial charge in [0.05, 0.1) is 17.7 Å². The molecule has 0 bridgehead atoms. The molecular formula is C9H8F3N3O3. The van der Waals surface area contributed by atoms with Crippen LogP contribution in [0.3, 0.4) is 0 Å². The third-order valence-electron chi connectivity index (χ3n) is 2.44. The van der Waals surface area contributed by atoms with Gasteiger partial charge in [-0.25, -0.2) is 14.6 Å². The molecule has 0 saturated carbocycles. The number of hydrogen-bond donors (Lipinski definition) is 2. The second-order valence-electron chi connectivity index (χ2n) is 3.67. The molecule has 1 aliphatic rings. The highest BCUT2D eigenvalue weighted by Gasteiger charge is 2.43. The fraction of sp³-hybridized carbons (Fsp3) is 0.444. The van der Waals surface area contributed by atoms with Gasteiger partial charge in [-0.15, -0.1) is 0 Å². The lowest BCUT2D eigenvalue weighted by molar-refractivity contribution is -0.202. The first-order chi connectivity index (χ1) is 8.38. The maximum atomic E-state index is 11.9. The third kappa shape index (κ3) is 2.50. The number of carbonyl (C=O) groups excluding carboxylic acids is 2. The fourth-order valence-electron chi connectivity index (χ4n) is 1.56. The van der Waals surface area contributed by atoms with Crippen LogP contribution in [0.25, 0.3) is 0 Å². The number of fused-ring (bicyclic) bond motifs is 1. The van der Waals surface area contributed by atoms with Crippen LogP contribution in [0, 0.1) is 0 Å². The van der Waals surface area contributed by atoms with E-state index in [1.165, 1.54) is 6.33 Å². The quantitative estimate of drug-likeness (QED) is 0.552. The van der Waals surface area contributed by atoms with E-state index in [2.05, 4.69) is 20.0 Å². The predicted molar refractivity (Wildman–Crippen MR) is 50.1 cm³/mol. The molecule has 1 unspecified atom stereocenters. The Kier molecular flexibility index (Phi) is 3.07. The minimum absolute atomic E-state index is 0.0722. The minimum atomic E-state index is -5.18. The van der Waals surface area contributed by atoms with E-state index in [1.807, 2.05) is 0 Å². The van der Waals surface area contributed by atoms with Gasteiger partial charge < -0.3 is 9.72 Å². The van der Waals surface area contributed by atoms with Gasteiger partial charge >= 0.3 is 18.1 Å². The topological polar surface area (TPSA) is 84.1 Å². The van der Waals surface area contributed by atoms with E-state index in [1.54, 1.807) is 0 Å². The van der Waals surface area contributed by atoms with Crippen LogP contribution in [0.5, 0.6) is 0 Å². The standard InChI is InChI=1S/C9H8F3N3O3/c10-9(11,12)8(17)18-7(16)5-1-4-6(2-13-5)15-3-14-4/h3,5,13H,1-2H2,(H,14,15). The monoisotopic (exact) mass is 263 g/mol. The van der Waals surface area contributed by atoms with Crippen LogP contribution in [0.1, 0.15) is 11.4 Å². The molecule has 2 heterocycles. The minimum Gasteiger partial charge on any atom is -0.385 e. The van der Waals surface area contributed by atoms with Crippen molar-refractivity contribution in [3.8, 4) is 0 Å². The highest BCUT2D eigenvalue weighted by atomic mass is 19.4. The Balaban J connectivity index is 1.98. The number of imidazole rings is 1. The Labute approximate surface area is 98.5 Å². The third-order valence-corrected chi connectivity index (χ3v) is 2.44. The molecule has 1 atom stereocenters. The molecule has 0 fully saturated rings. The first-order valence-corrected chi connectivity index (χ1v) is 4.95. The second-order valence-corrected chi connectivity index (χ2v) is 3.67. The molecule has 1 aromatic heterocycles. The first-order valence-electron chi connectivity index (χ1n) is 4.95. The smallest absolute Gasteiger partial charge is 0.385 e. The number of halogens is 3. The number of nitrogens with one attached hydrogen (secondary N) is 2. The van der Waals surface area contributed by atoms with Crippen LogP contribution in [-0.4, -0.2) is 34.1 Å². The number of aromatic amines is 1. The molecule has 9 heteroatoms. The van der Waals surface area contributed by atoms with E-state index in [4.69, 9.17) is 0 Å². The molecule has 6 nitrogen and oxygen atoms in total. The van der Waals surface area contributed by atoms with Gasteiger partial charge in [-0.2, -0.15) is 13.2 Å². The van der Waals surface area contributed by atoms with E-state index in [-0.39, 0.29) is 13.0 Å². The molecule has 98 valence electrons. The summed E-state index contributed by atoms with van der Waals surface area (Å²) >= 11 is 0. The number of alkyl halides is 3. The van der Waals surface area contributed by atoms with Crippen molar-refractivity contribution < 1.29 is 27.5 Å². The van der Waals surface area contributed by atoms with E-state index in [0.717, 1.165) is 5.69 Å². The zero-order chi connectivity index (χ0) is 13.3. The van der Waals surface area contributed by atoms with Gasteiger partial charge in [-0.05, 0) is 0 Å². The SMILES string of the molecule is O=C(OC(=O)C(F)(F)F)C1Cc2nc[nH]c2CN1. The Morgan fingerprint density at radius 2 is 2.17 bits per heavy atom. The molecule has 0 radical (unpaired) electrons. The van der Waals surface area contributed by atoms with Crippen molar-refractivity contribution in [1.82, 2.24) is 15.3 Å². The first kappa shape index (κ1) is 12.6. The molecule has 0 aromatic carbocycles. The molecule has 0 saturated heterocycles. The maximum Gasteiger partial charge on any atom is 0.491 e. The fourth-order valence-corrected chi connectivity index (χ4v) is 1.56. The lowest BCUT2D eigenvalue weighted by atomic mass is 10.1. The number of hydrogen-bond acceptors (Lipinski definition) is 5. The predicted octanol–water partition coefficient (Wildman–Crippen LogP) is 0.0561. The molecule has 2 rings (SSSR count). The number of nitrogens with zero attached hydrogens (tertiary/aromatic N) is 1. The lowest BCUT2D eigenvalue weighted by Crippen LogP contribution is -2.44. The van der Waals surface area contributed by atoms with Crippen LogP contribution in [-0.2, 0) is 27.3 Å². The zero-order valence-corrected chi connectivity index (χ0v) is 8.87. The summed E-state index contributed by atoms with van der Waals surface area (Å²) in [6.45, 7) is 0.245. The van der Waals surface area contributed by atoms with Gasteiger partial charge in [0.15, 0.2) is 0 Å². The van der Waals surface area contributed by atoms with Gasteiger partial charge in [0.25, 0.3) is 0 Å². The van der Waals surface area contributed by atoms with Crippen molar-refractivity contribution >= 4 is 11.9 Å². The van der Waals surface area contributed by atoms with Crippen LogP contribution in [0.4, 0.5) is 13.2 Å². The van der Waals surface area contributed by atoms with E-state index < -0.39 is 24.2 Å². The molecule has 18 heavy (non-hydrogen) atoms. The number of rotatable bonds is 1. The van der Waals surface area contributed by atoms with E-state index in [0.29, 0.717) is 5.69 Å². The molecule has 0 amide bonds. The Hall–Kier alpha value is -1.90. The average Bonchev–Trinajstić information content (AvgIpc) is 2.74. The zero-order valence-electron chi connectivity index (χ0n) is 8.87. The van der Waals surface area contributed by atoms with Crippen LogP contribution < -0.4 is 5.32 Å². The summed E-state index contributed by atoms with van der Waals surface area (Å²) in [5.41, 5.74) is 1.32. The summed E-state index contributed by atoms with van der Waals surface area (Å²) in [4.78, 5) is 28.6. The van der Waals surface area contributed by atoms with Crippen molar-refractivity contribution in [1.29, 1.82) is 0 Å². The molecule has 0 spiro atoms. The summed E-state index contributed by atoms with van der Waals surface area (Å²) in [7, 11) is 0. The summed E-state index contributed by atoms with van der Waals surface area (Å²) in [5.74, 6) is -3.77. The van der Waals surface area contributed by atoms with Gasteiger partial charge in [0, 0.05) is 13.0 Å². The normalized spacial score (nSPS) is 19.2. The lowest BCUT2D eigenvalue weighted by Gasteiger charge is -2.20. The van der Waals surface area contributed by atoms with Crippen LogP contribution >= 0.6 is 0 Å². The molecular weight excluding hydrogens is 255 g/mol. The molecule has 1 aromatic rings. The average molecular weight is 263 g/mol. The van der Waals surface area contributed by atoms with Crippen molar-refractivity contribution in [2.24, 2.45) is 0 Å². The van der Waals surface area contributed by atoms with E-state index in [9.17, 15) is 22.8 Å². The van der Waals surface area contributed by atoms with Gasteiger partial charge in [-0.1, -0.05) is 0 Å². The van der Waals surface area contributed by atoms with Gasteiger partial charge in [0.2, 0.25) is 0 Å². The van der Waals surface area contributed by atoms with Crippen molar-refractivity contribution in [2.75, 3.05) is 0 Å². The largest absolute Gasteiger partial charge is 0.491 e. The maximum absolute atomic E-state index is 11.9. The highest BCUT2D eigenvalue weighted by Crippen LogP contribution is 2.18. The number of H-pyrrole nitrogens is 1. The molecule has 2 N–H and O–H groups in total. The number of carbonyl (C=O) groups is 2. The Morgan fingerprint density at radius 3 is 2.83 bits per heavy atom. The van der Waals surface area contributed by atoms with Crippen molar-refractivity contribution in [3.63, 3.8) is 0 Å². The van der Waals surface area contributed by atoms with Gasteiger partial charge in [-0.3, -0.25) is 5.32 Å². The van der Waals surface area contributed by atoms with Crippen molar-refractivity contribution in [3.05, 3.63) is 17.7 Å². The molecule has 1 aliphatic heterocycles. The van der Waals surface area contributed by atoms with Crippen molar-refractivity contribution in [2.45, 2.75) is 25.2 Å². The van der Waals surface area contributed by atoms with Gasteiger partial charge in [0.1, 0.15) is 6.04 Å². The van der Waals surface area contributed by atoms with E-state index >= 15 is 0 Å². The summed E-state index contributed by atoms with van der Waals surface area (Å²) < 4.78 is 39.4. The Morgan fingerprint density at radius 1 is 1.44 bits per heavy atom. The molecule has 0 aliphatic carbocycles. The van der Waals surface area contributed by atoms with Crippen LogP contribution in [0.15, 0.2) is 6.33 Å². The van der Waals surface area contributed by atoms with Crippen LogP contribution in [0.2, 0.25) is 0 Å². The number of aromatic nitrogens is 2. The summed E-state index contributed by atoms with van der Waals surface area (Å²) in [6.07, 6.45) is -3.69. The Bertz CT molecular complexity index is 483.